The molecule has 0 saturated heterocycles. The lowest BCUT2D eigenvalue weighted by Crippen LogP contribution is -2.27. The summed E-state index contributed by atoms with van der Waals surface area (Å²) in [5, 5.41) is 5.14. The van der Waals surface area contributed by atoms with Crippen molar-refractivity contribution < 1.29 is 14.3 Å². The van der Waals surface area contributed by atoms with E-state index in [1.165, 1.54) is 11.3 Å². The lowest BCUT2D eigenvalue weighted by atomic mass is 10.1. The lowest BCUT2D eigenvalue weighted by Gasteiger charge is -2.10. The fourth-order valence-electron chi connectivity index (χ4n) is 2.01. The highest BCUT2D eigenvalue weighted by Crippen LogP contribution is 2.27. The summed E-state index contributed by atoms with van der Waals surface area (Å²) >= 11 is 1.34. The topological polar surface area (TPSA) is 86.5 Å². The molecule has 0 aliphatic heterocycles. The Labute approximate surface area is 133 Å². The summed E-state index contributed by atoms with van der Waals surface area (Å²) in [6.45, 7) is 0.550. The average Bonchev–Trinajstić information content (AvgIpc) is 2.92. The van der Waals surface area contributed by atoms with Gasteiger partial charge in [-0.05, 0) is 24.1 Å². The van der Waals surface area contributed by atoms with E-state index in [1.807, 2.05) is 18.2 Å². The predicted octanol–water partition coefficient (Wildman–Crippen LogP) is 1.64. The maximum absolute atomic E-state index is 11.8. The Kier molecular flexibility index (Phi) is 5.60. The SMILES string of the molecule is COc1ccc(CCNC(=O)Cc2csc(N)n2)cc1OC. The Hall–Kier alpha value is -2.28. The van der Waals surface area contributed by atoms with Gasteiger partial charge in [0, 0.05) is 11.9 Å². The molecule has 118 valence electrons. The molecule has 1 aromatic heterocycles. The number of aromatic nitrogens is 1. The summed E-state index contributed by atoms with van der Waals surface area (Å²) in [5.41, 5.74) is 7.30. The van der Waals surface area contributed by atoms with E-state index < -0.39 is 0 Å². The Balaban J connectivity index is 1.82. The summed E-state index contributed by atoms with van der Waals surface area (Å²) < 4.78 is 10.4. The second-order valence-corrected chi connectivity index (χ2v) is 5.53. The van der Waals surface area contributed by atoms with Crippen LogP contribution < -0.4 is 20.5 Å². The molecule has 2 aromatic rings. The fraction of sp³-hybridized carbons (Fsp3) is 0.333. The van der Waals surface area contributed by atoms with Gasteiger partial charge in [-0.2, -0.15) is 0 Å². The summed E-state index contributed by atoms with van der Waals surface area (Å²) in [4.78, 5) is 15.9. The Bertz CT molecular complexity index is 643. The fourth-order valence-corrected chi connectivity index (χ4v) is 2.58. The third-order valence-electron chi connectivity index (χ3n) is 3.09. The molecule has 0 aliphatic carbocycles. The van der Waals surface area contributed by atoms with Gasteiger partial charge in [-0.3, -0.25) is 4.79 Å². The zero-order valence-corrected chi connectivity index (χ0v) is 13.4. The van der Waals surface area contributed by atoms with Crippen molar-refractivity contribution >= 4 is 22.4 Å². The van der Waals surface area contributed by atoms with Crippen LogP contribution in [-0.2, 0) is 17.6 Å². The van der Waals surface area contributed by atoms with E-state index >= 15 is 0 Å². The number of rotatable bonds is 7. The minimum Gasteiger partial charge on any atom is -0.493 e. The van der Waals surface area contributed by atoms with Crippen molar-refractivity contribution in [3.63, 3.8) is 0 Å². The molecule has 0 aliphatic rings. The van der Waals surface area contributed by atoms with Crippen LogP contribution in [0.3, 0.4) is 0 Å². The number of methoxy groups -OCH3 is 2. The molecule has 0 radical (unpaired) electrons. The number of hydrogen-bond donors (Lipinski definition) is 2. The Morgan fingerprint density at radius 3 is 2.73 bits per heavy atom. The number of carbonyl (C=O) groups is 1. The number of nitrogens with two attached hydrogens (primary N) is 1. The van der Waals surface area contributed by atoms with E-state index in [9.17, 15) is 4.79 Å². The van der Waals surface area contributed by atoms with E-state index in [0.717, 1.165) is 5.56 Å². The van der Waals surface area contributed by atoms with Crippen molar-refractivity contribution in [1.82, 2.24) is 10.3 Å². The van der Waals surface area contributed by atoms with Gasteiger partial charge >= 0.3 is 0 Å². The molecule has 0 bridgehead atoms. The van der Waals surface area contributed by atoms with Gasteiger partial charge in [0.05, 0.1) is 26.3 Å². The first kappa shape index (κ1) is 16.1. The molecule has 7 heteroatoms. The molecule has 22 heavy (non-hydrogen) atoms. The van der Waals surface area contributed by atoms with Crippen LogP contribution in [0.15, 0.2) is 23.6 Å². The average molecular weight is 321 g/mol. The molecular formula is C15H19N3O3S. The van der Waals surface area contributed by atoms with Gasteiger partial charge in [-0.25, -0.2) is 4.98 Å². The molecule has 0 atom stereocenters. The molecule has 1 heterocycles. The van der Waals surface area contributed by atoms with Gasteiger partial charge in [0.2, 0.25) is 5.91 Å². The first-order valence-electron chi connectivity index (χ1n) is 6.80. The standard InChI is InChI=1S/C15H19N3O3S/c1-20-12-4-3-10(7-13(12)21-2)5-6-17-14(19)8-11-9-22-15(16)18-11/h3-4,7,9H,5-6,8H2,1-2H3,(H2,16,18)(H,17,19). The van der Waals surface area contributed by atoms with Crippen LogP contribution in [0, 0.1) is 0 Å². The molecule has 6 nitrogen and oxygen atoms in total. The van der Waals surface area contributed by atoms with Crippen molar-refractivity contribution in [2.45, 2.75) is 12.8 Å². The number of anilines is 1. The molecule has 3 N–H and O–H groups in total. The number of thiazole rings is 1. The van der Waals surface area contributed by atoms with Crippen LogP contribution >= 0.6 is 11.3 Å². The van der Waals surface area contributed by atoms with Crippen LogP contribution in [0.25, 0.3) is 0 Å². The van der Waals surface area contributed by atoms with Crippen LogP contribution in [0.5, 0.6) is 11.5 Å². The highest BCUT2D eigenvalue weighted by molar-refractivity contribution is 7.13. The molecule has 2 rings (SSSR count). The number of nitrogen functional groups attached to an aromatic ring is 1. The summed E-state index contributed by atoms with van der Waals surface area (Å²) in [6.07, 6.45) is 0.963. The Morgan fingerprint density at radius 1 is 1.32 bits per heavy atom. The highest BCUT2D eigenvalue weighted by Gasteiger charge is 2.07. The third-order valence-corrected chi connectivity index (χ3v) is 3.82. The number of benzene rings is 1. The minimum absolute atomic E-state index is 0.0641. The third kappa shape index (κ3) is 4.36. The highest BCUT2D eigenvalue weighted by atomic mass is 32.1. The normalized spacial score (nSPS) is 10.3. The number of nitrogens with zero attached hydrogens (tertiary/aromatic N) is 1. The van der Waals surface area contributed by atoms with E-state index in [0.29, 0.717) is 35.3 Å². The zero-order chi connectivity index (χ0) is 15.9. The molecule has 0 fully saturated rings. The van der Waals surface area contributed by atoms with E-state index in [4.69, 9.17) is 15.2 Å². The van der Waals surface area contributed by atoms with Crippen molar-refractivity contribution in [2.24, 2.45) is 0 Å². The van der Waals surface area contributed by atoms with E-state index in [1.54, 1.807) is 19.6 Å². The molecule has 0 unspecified atom stereocenters. The van der Waals surface area contributed by atoms with Gasteiger partial charge in [-0.15, -0.1) is 11.3 Å². The van der Waals surface area contributed by atoms with Crippen molar-refractivity contribution in [1.29, 1.82) is 0 Å². The maximum atomic E-state index is 11.8. The summed E-state index contributed by atoms with van der Waals surface area (Å²) in [6, 6.07) is 5.72. The van der Waals surface area contributed by atoms with Crippen molar-refractivity contribution in [3.8, 4) is 11.5 Å². The van der Waals surface area contributed by atoms with Crippen molar-refractivity contribution in [3.05, 3.63) is 34.8 Å². The lowest BCUT2D eigenvalue weighted by molar-refractivity contribution is -0.120. The molecule has 0 saturated carbocycles. The van der Waals surface area contributed by atoms with Crippen molar-refractivity contribution in [2.75, 3.05) is 26.5 Å². The van der Waals surface area contributed by atoms with Crippen LogP contribution in [0.4, 0.5) is 5.13 Å². The molecule has 0 spiro atoms. The smallest absolute Gasteiger partial charge is 0.226 e. The number of hydrogen-bond acceptors (Lipinski definition) is 6. The maximum Gasteiger partial charge on any atom is 0.226 e. The number of carbonyl (C=O) groups excluding carboxylic acids is 1. The van der Waals surface area contributed by atoms with Gasteiger partial charge in [0.1, 0.15) is 0 Å². The van der Waals surface area contributed by atoms with Gasteiger partial charge in [0.25, 0.3) is 0 Å². The minimum atomic E-state index is -0.0641. The second kappa shape index (κ2) is 7.65. The number of ether oxygens (including phenoxy) is 2. The predicted molar refractivity (Wildman–Crippen MR) is 86.5 cm³/mol. The van der Waals surface area contributed by atoms with Crippen LogP contribution in [-0.4, -0.2) is 31.7 Å². The van der Waals surface area contributed by atoms with Gasteiger partial charge in [-0.1, -0.05) is 6.07 Å². The summed E-state index contributed by atoms with van der Waals surface area (Å²) in [7, 11) is 3.20. The van der Waals surface area contributed by atoms with Crippen LogP contribution in [0.2, 0.25) is 0 Å². The molecule has 1 amide bonds. The van der Waals surface area contributed by atoms with Crippen LogP contribution in [0.1, 0.15) is 11.3 Å². The largest absolute Gasteiger partial charge is 0.493 e. The molecular weight excluding hydrogens is 302 g/mol. The zero-order valence-electron chi connectivity index (χ0n) is 12.6. The van der Waals surface area contributed by atoms with E-state index in [-0.39, 0.29) is 12.3 Å². The van der Waals surface area contributed by atoms with E-state index in [2.05, 4.69) is 10.3 Å². The number of nitrogens with one attached hydrogen (secondary N) is 1. The quantitative estimate of drug-likeness (QED) is 0.809. The Morgan fingerprint density at radius 2 is 2.09 bits per heavy atom. The monoisotopic (exact) mass is 321 g/mol. The number of amides is 1. The first-order valence-corrected chi connectivity index (χ1v) is 7.68. The van der Waals surface area contributed by atoms with Gasteiger partial charge < -0.3 is 20.5 Å². The second-order valence-electron chi connectivity index (χ2n) is 4.64. The van der Waals surface area contributed by atoms with Gasteiger partial charge in [0.15, 0.2) is 16.6 Å². The first-order chi connectivity index (χ1) is 10.6. The molecule has 1 aromatic carbocycles. The summed E-state index contributed by atoms with van der Waals surface area (Å²) in [5.74, 6) is 1.31.